The Morgan fingerprint density at radius 3 is 2.36 bits per heavy atom. The Balaban J connectivity index is 1.94. The molecule has 0 spiro atoms. The molecule has 1 N–H and O–H groups in total. The zero-order valence-corrected chi connectivity index (χ0v) is 15.4. The number of carbonyl (C=O) groups is 1. The molecular formula is C20H25NO4. The molecule has 2 aromatic rings. The fraction of sp³-hybridized carbons (Fsp3) is 0.350. The van der Waals surface area contributed by atoms with Crippen LogP contribution in [0.25, 0.3) is 0 Å². The summed E-state index contributed by atoms with van der Waals surface area (Å²) in [7, 11) is 3.18. The summed E-state index contributed by atoms with van der Waals surface area (Å²) in [6.07, 6.45) is 0. The van der Waals surface area contributed by atoms with Gasteiger partial charge in [0.2, 0.25) is 0 Å². The number of aryl methyl sites for hydroxylation is 2. The Bertz CT molecular complexity index is 742. The van der Waals surface area contributed by atoms with Gasteiger partial charge >= 0.3 is 0 Å². The van der Waals surface area contributed by atoms with Crippen LogP contribution in [-0.4, -0.2) is 26.7 Å². The van der Waals surface area contributed by atoms with E-state index < -0.39 is 0 Å². The van der Waals surface area contributed by atoms with Gasteiger partial charge in [0, 0.05) is 0 Å². The van der Waals surface area contributed by atoms with Gasteiger partial charge in [-0.05, 0) is 61.7 Å². The molecule has 0 saturated heterocycles. The highest BCUT2D eigenvalue weighted by molar-refractivity contribution is 5.78. The van der Waals surface area contributed by atoms with Gasteiger partial charge < -0.3 is 19.5 Å². The summed E-state index contributed by atoms with van der Waals surface area (Å²) in [5.41, 5.74) is 3.26. The summed E-state index contributed by atoms with van der Waals surface area (Å²) in [6, 6.07) is 11.2. The smallest absolute Gasteiger partial charge is 0.258 e. The van der Waals surface area contributed by atoms with Gasteiger partial charge in [0.05, 0.1) is 20.3 Å². The van der Waals surface area contributed by atoms with E-state index in [1.165, 1.54) is 5.56 Å². The first kappa shape index (κ1) is 18.6. The molecule has 5 nitrogen and oxygen atoms in total. The molecule has 25 heavy (non-hydrogen) atoms. The molecule has 2 rings (SSSR count). The predicted molar refractivity (Wildman–Crippen MR) is 97.5 cm³/mol. The fourth-order valence-corrected chi connectivity index (χ4v) is 2.44. The van der Waals surface area contributed by atoms with Crippen LogP contribution in [0.4, 0.5) is 0 Å². The number of methoxy groups -OCH3 is 2. The normalized spacial score (nSPS) is 11.6. The van der Waals surface area contributed by atoms with Crippen molar-refractivity contribution in [2.45, 2.75) is 26.8 Å². The second-order valence-electron chi connectivity index (χ2n) is 5.94. The third kappa shape index (κ3) is 4.89. The van der Waals surface area contributed by atoms with Crippen LogP contribution in [0.2, 0.25) is 0 Å². The monoisotopic (exact) mass is 343 g/mol. The summed E-state index contributed by atoms with van der Waals surface area (Å²) < 4.78 is 16.1. The lowest BCUT2D eigenvalue weighted by atomic mass is 10.1. The molecular weight excluding hydrogens is 318 g/mol. The number of ether oxygens (including phenoxy) is 3. The van der Waals surface area contributed by atoms with Gasteiger partial charge in [-0.1, -0.05) is 12.1 Å². The maximum atomic E-state index is 12.1. The number of nitrogens with one attached hydrogen (secondary N) is 1. The van der Waals surface area contributed by atoms with Crippen LogP contribution in [0.3, 0.4) is 0 Å². The molecule has 0 saturated carbocycles. The van der Waals surface area contributed by atoms with Crippen molar-refractivity contribution in [1.82, 2.24) is 5.32 Å². The van der Waals surface area contributed by atoms with E-state index in [2.05, 4.69) is 5.32 Å². The van der Waals surface area contributed by atoms with E-state index in [1.807, 2.05) is 57.2 Å². The van der Waals surface area contributed by atoms with Crippen molar-refractivity contribution in [3.63, 3.8) is 0 Å². The number of amides is 1. The lowest BCUT2D eigenvalue weighted by Gasteiger charge is -2.17. The largest absolute Gasteiger partial charge is 0.493 e. The van der Waals surface area contributed by atoms with E-state index in [4.69, 9.17) is 14.2 Å². The van der Waals surface area contributed by atoms with Crippen molar-refractivity contribution in [3.8, 4) is 17.2 Å². The van der Waals surface area contributed by atoms with Crippen LogP contribution < -0.4 is 19.5 Å². The predicted octanol–water partition coefficient (Wildman–Crippen LogP) is 3.58. The molecule has 0 aliphatic carbocycles. The van der Waals surface area contributed by atoms with Crippen molar-refractivity contribution >= 4 is 5.91 Å². The molecule has 1 unspecified atom stereocenters. The zero-order chi connectivity index (χ0) is 18.4. The van der Waals surface area contributed by atoms with Crippen LogP contribution in [0.5, 0.6) is 17.2 Å². The number of hydrogen-bond acceptors (Lipinski definition) is 4. The lowest BCUT2D eigenvalue weighted by molar-refractivity contribution is -0.123. The second kappa shape index (κ2) is 8.42. The molecule has 1 amide bonds. The van der Waals surface area contributed by atoms with Gasteiger partial charge in [-0.15, -0.1) is 0 Å². The van der Waals surface area contributed by atoms with Crippen LogP contribution in [-0.2, 0) is 4.79 Å². The molecule has 1 atom stereocenters. The van der Waals surface area contributed by atoms with E-state index in [9.17, 15) is 4.79 Å². The maximum Gasteiger partial charge on any atom is 0.258 e. The fourth-order valence-electron chi connectivity index (χ4n) is 2.44. The van der Waals surface area contributed by atoms with Gasteiger partial charge in [-0.3, -0.25) is 4.79 Å². The second-order valence-corrected chi connectivity index (χ2v) is 5.94. The Kier molecular flexibility index (Phi) is 6.28. The summed E-state index contributed by atoms with van der Waals surface area (Å²) in [4.78, 5) is 12.1. The summed E-state index contributed by atoms with van der Waals surface area (Å²) in [5.74, 6) is 1.80. The summed E-state index contributed by atoms with van der Waals surface area (Å²) >= 11 is 0. The van der Waals surface area contributed by atoms with Crippen molar-refractivity contribution in [2.75, 3.05) is 20.8 Å². The van der Waals surface area contributed by atoms with Crippen LogP contribution in [0.1, 0.15) is 29.7 Å². The highest BCUT2D eigenvalue weighted by Crippen LogP contribution is 2.29. The minimum Gasteiger partial charge on any atom is -0.493 e. The Morgan fingerprint density at radius 1 is 1.00 bits per heavy atom. The van der Waals surface area contributed by atoms with Crippen LogP contribution >= 0.6 is 0 Å². The average Bonchev–Trinajstić information content (AvgIpc) is 2.62. The van der Waals surface area contributed by atoms with Gasteiger partial charge in [0.15, 0.2) is 18.1 Å². The molecule has 0 heterocycles. The van der Waals surface area contributed by atoms with Gasteiger partial charge in [0.1, 0.15) is 5.75 Å². The first-order valence-electron chi connectivity index (χ1n) is 8.16. The molecule has 0 fully saturated rings. The zero-order valence-electron chi connectivity index (χ0n) is 15.4. The molecule has 0 radical (unpaired) electrons. The van der Waals surface area contributed by atoms with E-state index in [0.717, 1.165) is 11.1 Å². The van der Waals surface area contributed by atoms with Crippen LogP contribution in [0, 0.1) is 13.8 Å². The Labute approximate surface area is 148 Å². The third-order valence-electron chi connectivity index (χ3n) is 4.13. The first-order valence-corrected chi connectivity index (χ1v) is 8.16. The minimum atomic E-state index is -0.180. The standard InChI is InChI=1S/C20H25NO4/c1-13-6-8-17(10-14(13)2)25-12-20(22)21-15(3)16-7-9-18(23-4)19(11-16)24-5/h6-11,15H,12H2,1-5H3,(H,21,22). The Morgan fingerprint density at radius 2 is 1.72 bits per heavy atom. The maximum absolute atomic E-state index is 12.1. The molecule has 0 aromatic heterocycles. The van der Waals surface area contributed by atoms with Gasteiger partial charge in [-0.2, -0.15) is 0 Å². The molecule has 5 heteroatoms. The van der Waals surface area contributed by atoms with Crippen LogP contribution in [0.15, 0.2) is 36.4 Å². The Hall–Kier alpha value is -2.69. The van der Waals surface area contributed by atoms with E-state index in [-0.39, 0.29) is 18.6 Å². The quantitative estimate of drug-likeness (QED) is 0.835. The average molecular weight is 343 g/mol. The first-order chi connectivity index (χ1) is 11.9. The van der Waals surface area contributed by atoms with E-state index in [0.29, 0.717) is 17.2 Å². The molecule has 0 aliphatic heterocycles. The molecule has 2 aromatic carbocycles. The number of carbonyl (C=O) groups excluding carboxylic acids is 1. The minimum absolute atomic E-state index is 0.0276. The highest BCUT2D eigenvalue weighted by Gasteiger charge is 2.13. The lowest BCUT2D eigenvalue weighted by Crippen LogP contribution is -2.31. The SMILES string of the molecule is COc1ccc(C(C)NC(=O)COc2ccc(C)c(C)c2)cc1OC. The number of benzene rings is 2. The van der Waals surface area contributed by atoms with Crippen molar-refractivity contribution in [3.05, 3.63) is 53.1 Å². The van der Waals surface area contributed by atoms with Crippen molar-refractivity contribution in [2.24, 2.45) is 0 Å². The van der Waals surface area contributed by atoms with E-state index in [1.54, 1.807) is 14.2 Å². The third-order valence-corrected chi connectivity index (χ3v) is 4.13. The van der Waals surface area contributed by atoms with Gasteiger partial charge in [-0.25, -0.2) is 0 Å². The van der Waals surface area contributed by atoms with Crippen molar-refractivity contribution < 1.29 is 19.0 Å². The molecule has 0 aliphatic rings. The summed E-state index contributed by atoms with van der Waals surface area (Å²) in [6.45, 7) is 5.94. The number of rotatable bonds is 7. The molecule has 0 bridgehead atoms. The van der Waals surface area contributed by atoms with Crippen molar-refractivity contribution in [1.29, 1.82) is 0 Å². The molecule has 134 valence electrons. The topological polar surface area (TPSA) is 56.8 Å². The number of hydrogen-bond donors (Lipinski definition) is 1. The highest BCUT2D eigenvalue weighted by atomic mass is 16.5. The van der Waals surface area contributed by atoms with E-state index >= 15 is 0 Å². The van der Waals surface area contributed by atoms with Gasteiger partial charge in [0.25, 0.3) is 5.91 Å². The summed E-state index contributed by atoms with van der Waals surface area (Å²) in [5, 5.41) is 2.92.